The van der Waals surface area contributed by atoms with Gasteiger partial charge in [-0.2, -0.15) is 0 Å². The highest BCUT2D eigenvalue weighted by Gasteiger charge is 2.01. The molecule has 0 saturated heterocycles. The van der Waals surface area contributed by atoms with Crippen molar-refractivity contribution in [2.45, 2.75) is 45.1 Å². The molecule has 0 aliphatic carbocycles. The van der Waals surface area contributed by atoms with Crippen molar-refractivity contribution >= 4 is 17.6 Å². The van der Waals surface area contributed by atoms with Gasteiger partial charge in [-0.05, 0) is 37.6 Å². The van der Waals surface area contributed by atoms with Crippen molar-refractivity contribution < 1.29 is 15.0 Å². The molecule has 0 aromatic heterocycles. The van der Waals surface area contributed by atoms with Crippen LogP contribution in [0.2, 0.25) is 5.02 Å². The third kappa shape index (κ3) is 7.36. The first-order chi connectivity index (χ1) is 9.59. The van der Waals surface area contributed by atoms with Crippen LogP contribution in [0.5, 0.6) is 5.75 Å². The lowest BCUT2D eigenvalue weighted by atomic mass is 10.1. The zero-order valence-electron chi connectivity index (χ0n) is 11.6. The van der Waals surface area contributed by atoms with Gasteiger partial charge in [-0.15, -0.1) is 0 Å². The van der Waals surface area contributed by atoms with Crippen LogP contribution in [0.4, 0.5) is 0 Å². The third-order valence-corrected chi connectivity index (χ3v) is 3.34. The molecule has 0 radical (unpaired) electrons. The van der Waals surface area contributed by atoms with Gasteiger partial charge < -0.3 is 15.5 Å². The Morgan fingerprint density at radius 1 is 1.15 bits per heavy atom. The van der Waals surface area contributed by atoms with Crippen LogP contribution in [0.3, 0.4) is 0 Å². The summed E-state index contributed by atoms with van der Waals surface area (Å²) >= 11 is 5.87. The van der Waals surface area contributed by atoms with E-state index in [0.717, 1.165) is 44.2 Å². The molecule has 0 saturated carbocycles. The molecule has 0 bridgehead atoms. The number of aliphatic carboxylic acids is 1. The molecule has 0 aliphatic heterocycles. The van der Waals surface area contributed by atoms with Gasteiger partial charge in [-0.25, -0.2) is 0 Å². The minimum Gasteiger partial charge on any atom is -0.508 e. The third-order valence-electron chi connectivity index (χ3n) is 3.10. The average molecular weight is 300 g/mol. The number of rotatable bonds is 10. The smallest absolute Gasteiger partial charge is 0.303 e. The van der Waals surface area contributed by atoms with Crippen molar-refractivity contribution in [1.82, 2.24) is 5.32 Å². The van der Waals surface area contributed by atoms with Crippen LogP contribution in [-0.4, -0.2) is 22.7 Å². The predicted octanol–water partition coefficient (Wildman–Crippen LogP) is 3.56. The van der Waals surface area contributed by atoms with Crippen LogP contribution in [-0.2, 0) is 11.3 Å². The summed E-state index contributed by atoms with van der Waals surface area (Å²) in [5.41, 5.74) is 0.805. The number of benzene rings is 1. The summed E-state index contributed by atoms with van der Waals surface area (Å²) < 4.78 is 0. The Kier molecular flexibility index (Phi) is 8.07. The number of carbonyl (C=O) groups is 1. The Morgan fingerprint density at radius 3 is 2.60 bits per heavy atom. The maximum atomic E-state index is 10.3. The second kappa shape index (κ2) is 9.61. The van der Waals surface area contributed by atoms with E-state index in [1.54, 1.807) is 18.2 Å². The minimum atomic E-state index is -0.715. The van der Waals surface area contributed by atoms with Crippen molar-refractivity contribution in [3.05, 3.63) is 28.8 Å². The molecule has 0 heterocycles. The lowest BCUT2D eigenvalue weighted by molar-refractivity contribution is -0.137. The quantitative estimate of drug-likeness (QED) is 0.578. The fourth-order valence-corrected chi connectivity index (χ4v) is 2.17. The largest absolute Gasteiger partial charge is 0.508 e. The standard InChI is InChI=1S/C15H22ClNO3/c16-13-7-8-14(18)12(10-13)11-17-9-5-3-1-2-4-6-15(19)20/h7-8,10,17-18H,1-6,9,11H2,(H,19,20). The Balaban J connectivity index is 2.02. The number of carboxylic acid groups (broad SMARTS) is 1. The summed E-state index contributed by atoms with van der Waals surface area (Å²) in [6.45, 7) is 1.48. The number of hydrogen-bond donors (Lipinski definition) is 3. The molecular weight excluding hydrogens is 278 g/mol. The van der Waals surface area contributed by atoms with Crippen LogP contribution in [0.15, 0.2) is 18.2 Å². The van der Waals surface area contributed by atoms with E-state index in [9.17, 15) is 9.90 Å². The molecule has 0 fully saturated rings. The molecule has 4 nitrogen and oxygen atoms in total. The topological polar surface area (TPSA) is 69.6 Å². The Labute approximate surface area is 124 Å². The number of unbranched alkanes of at least 4 members (excludes halogenated alkanes) is 4. The second-order valence-corrected chi connectivity index (χ2v) is 5.30. The van der Waals surface area contributed by atoms with Gasteiger partial charge in [0.2, 0.25) is 0 Å². The Bertz CT molecular complexity index is 424. The molecule has 1 aromatic rings. The van der Waals surface area contributed by atoms with Crippen molar-refractivity contribution in [3.8, 4) is 5.75 Å². The van der Waals surface area contributed by atoms with E-state index in [0.29, 0.717) is 11.6 Å². The first kappa shape index (κ1) is 16.8. The average Bonchev–Trinajstić information content (AvgIpc) is 2.40. The van der Waals surface area contributed by atoms with Gasteiger partial charge in [0.15, 0.2) is 0 Å². The zero-order valence-corrected chi connectivity index (χ0v) is 12.3. The molecule has 20 heavy (non-hydrogen) atoms. The van der Waals surface area contributed by atoms with Crippen molar-refractivity contribution in [3.63, 3.8) is 0 Å². The molecule has 0 atom stereocenters. The number of phenolic OH excluding ortho intramolecular Hbond substituents is 1. The van der Waals surface area contributed by atoms with Gasteiger partial charge in [0.05, 0.1) is 0 Å². The molecule has 0 amide bonds. The highest BCUT2D eigenvalue weighted by molar-refractivity contribution is 6.30. The molecule has 1 rings (SSSR count). The highest BCUT2D eigenvalue weighted by atomic mass is 35.5. The van der Waals surface area contributed by atoms with Crippen LogP contribution in [0.25, 0.3) is 0 Å². The predicted molar refractivity (Wildman–Crippen MR) is 80.2 cm³/mol. The van der Waals surface area contributed by atoms with Crippen molar-refractivity contribution in [2.75, 3.05) is 6.54 Å². The van der Waals surface area contributed by atoms with E-state index < -0.39 is 5.97 Å². The summed E-state index contributed by atoms with van der Waals surface area (Å²) in [5, 5.41) is 22.0. The number of carboxylic acids is 1. The first-order valence-corrected chi connectivity index (χ1v) is 7.37. The zero-order chi connectivity index (χ0) is 14.8. The molecule has 112 valence electrons. The lowest BCUT2D eigenvalue weighted by Gasteiger charge is -2.07. The van der Waals surface area contributed by atoms with Crippen LogP contribution >= 0.6 is 11.6 Å². The first-order valence-electron chi connectivity index (χ1n) is 6.99. The summed E-state index contributed by atoms with van der Waals surface area (Å²) in [6.07, 6.45) is 5.22. The fraction of sp³-hybridized carbons (Fsp3) is 0.533. The fourth-order valence-electron chi connectivity index (χ4n) is 1.98. The van der Waals surface area contributed by atoms with E-state index in [2.05, 4.69) is 5.32 Å². The number of halogens is 1. The highest BCUT2D eigenvalue weighted by Crippen LogP contribution is 2.21. The normalized spacial score (nSPS) is 10.7. The molecule has 5 heteroatoms. The molecular formula is C15H22ClNO3. The second-order valence-electron chi connectivity index (χ2n) is 4.86. The number of hydrogen-bond acceptors (Lipinski definition) is 3. The lowest BCUT2D eigenvalue weighted by Crippen LogP contribution is -2.14. The molecule has 0 aliphatic rings. The van der Waals surface area contributed by atoms with E-state index in [1.165, 1.54) is 0 Å². The maximum absolute atomic E-state index is 10.3. The van der Waals surface area contributed by atoms with Crippen LogP contribution < -0.4 is 5.32 Å². The van der Waals surface area contributed by atoms with Gasteiger partial charge >= 0.3 is 5.97 Å². The SMILES string of the molecule is O=C(O)CCCCCCCNCc1cc(Cl)ccc1O. The van der Waals surface area contributed by atoms with E-state index in [4.69, 9.17) is 16.7 Å². The summed E-state index contributed by atoms with van der Waals surface area (Å²) in [5.74, 6) is -0.455. The van der Waals surface area contributed by atoms with Crippen molar-refractivity contribution in [1.29, 1.82) is 0 Å². The van der Waals surface area contributed by atoms with Crippen LogP contribution in [0, 0.1) is 0 Å². The van der Waals surface area contributed by atoms with E-state index in [1.807, 2.05) is 0 Å². The summed E-state index contributed by atoms with van der Waals surface area (Å²) in [6, 6.07) is 5.02. The van der Waals surface area contributed by atoms with E-state index >= 15 is 0 Å². The van der Waals surface area contributed by atoms with Gasteiger partial charge in [0.1, 0.15) is 5.75 Å². The summed E-state index contributed by atoms with van der Waals surface area (Å²) in [7, 11) is 0. The Morgan fingerprint density at radius 2 is 1.85 bits per heavy atom. The molecule has 0 spiro atoms. The number of nitrogens with one attached hydrogen (secondary N) is 1. The Hall–Kier alpha value is -1.26. The van der Waals surface area contributed by atoms with Gasteiger partial charge in [-0.3, -0.25) is 4.79 Å². The van der Waals surface area contributed by atoms with Gasteiger partial charge in [0, 0.05) is 23.6 Å². The number of phenols is 1. The number of aromatic hydroxyl groups is 1. The van der Waals surface area contributed by atoms with Crippen LogP contribution in [0.1, 0.15) is 44.1 Å². The molecule has 1 aromatic carbocycles. The van der Waals surface area contributed by atoms with Gasteiger partial charge in [-0.1, -0.05) is 30.9 Å². The molecule has 0 unspecified atom stereocenters. The molecule has 3 N–H and O–H groups in total. The van der Waals surface area contributed by atoms with E-state index in [-0.39, 0.29) is 12.2 Å². The van der Waals surface area contributed by atoms with Gasteiger partial charge in [0.25, 0.3) is 0 Å². The van der Waals surface area contributed by atoms with Crippen molar-refractivity contribution in [2.24, 2.45) is 0 Å². The monoisotopic (exact) mass is 299 g/mol. The maximum Gasteiger partial charge on any atom is 0.303 e. The summed E-state index contributed by atoms with van der Waals surface area (Å²) in [4.78, 5) is 10.3. The minimum absolute atomic E-state index is 0.260.